The van der Waals surface area contributed by atoms with E-state index in [0.29, 0.717) is 0 Å². The second-order valence-electron chi connectivity index (χ2n) is 6.14. The molecule has 0 saturated carbocycles. The normalized spacial score (nSPS) is 13.1. The van der Waals surface area contributed by atoms with Crippen LogP contribution in [0.15, 0.2) is 33.3 Å². The Morgan fingerprint density at radius 3 is 2.09 bits per heavy atom. The van der Waals surface area contributed by atoms with E-state index >= 15 is 0 Å². The Morgan fingerprint density at radius 1 is 1.03 bits per heavy atom. The van der Waals surface area contributed by atoms with Gasteiger partial charge >= 0.3 is 15.6 Å². The van der Waals surface area contributed by atoms with E-state index in [1.807, 2.05) is 0 Å². The number of halogens is 1. The molecule has 0 aliphatic carbocycles. The fourth-order valence-electron chi connectivity index (χ4n) is 2.29. The number of phosphoric ester groups is 2. The lowest BCUT2D eigenvalue weighted by Crippen LogP contribution is -2.04. The summed E-state index contributed by atoms with van der Waals surface area (Å²) in [7, 11) is -14.7. The molecule has 0 aliphatic rings. The molecule has 2 aromatic rings. The maximum Gasteiger partial charge on any atom is 0.469 e. The van der Waals surface area contributed by atoms with Gasteiger partial charge in [0.2, 0.25) is 0 Å². The van der Waals surface area contributed by atoms with Crippen molar-refractivity contribution in [1.82, 2.24) is 4.98 Å². The average molecular weight is 548 g/mol. The molecular weight excluding hydrogens is 532 g/mol. The van der Waals surface area contributed by atoms with Gasteiger partial charge in [-0.1, -0.05) is 11.6 Å². The highest BCUT2D eigenvalue weighted by Gasteiger charge is 2.25. The van der Waals surface area contributed by atoms with Crippen LogP contribution in [-0.2, 0) is 41.5 Å². The lowest BCUT2D eigenvalue weighted by atomic mass is 10.1. The zero-order chi connectivity index (χ0) is 25.2. The van der Waals surface area contributed by atoms with Crippen molar-refractivity contribution < 1.29 is 55.8 Å². The van der Waals surface area contributed by atoms with E-state index in [0.717, 1.165) is 18.2 Å². The number of azo groups is 1. The number of aromatic nitrogens is 1. The molecule has 182 valence electrons. The summed E-state index contributed by atoms with van der Waals surface area (Å²) < 4.78 is 62.7. The Balaban J connectivity index is 2.62. The van der Waals surface area contributed by atoms with Crippen LogP contribution >= 0.6 is 27.2 Å². The molecule has 2 rings (SSSR count). The Labute approximate surface area is 190 Å². The Hall–Kier alpha value is -1.81. The predicted octanol–water partition coefficient (Wildman–Crippen LogP) is 2.63. The summed E-state index contributed by atoms with van der Waals surface area (Å²) in [4.78, 5) is 39.2. The summed E-state index contributed by atoms with van der Waals surface area (Å²) in [5.41, 5.74) is -1.12. The first-order valence-corrected chi connectivity index (χ1v) is 13.2. The molecule has 0 unspecified atom stereocenters. The summed E-state index contributed by atoms with van der Waals surface area (Å²) in [6.07, 6.45) is 0. The molecule has 15 nitrogen and oxygen atoms in total. The molecule has 6 N–H and O–H groups in total. The number of rotatable bonds is 9. The van der Waals surface area contributed by atoms with Crippen LogP contribution in [-0.4, -0.2) is 42.6 Å². The molecule has 0 bridgehead atoms. The molecule has 0 spiro atoms. The third-order valence-corrected chi connectivity index (χ3v) is 5.86. The summed E-state index contributed by atoms with van der Waals surface area (Å²) in [6.45, 7) is -0.603. The Kier molecular flexibility index (Phi) is 8.49. The second kappa shape index (κ2) is 10.2. The van der Waals surface area contributed by atoms with E-state index in [4.69, 9.17) is 35.7 Å². The number of benzene rings is 1. The standard InChI is InChI=1S/C14H16ClN3O12P2S/c1-7-13(19)9(5-29-31(20,21)22)10(6-30-32(23,24)25)14(16-7)18-17-12-4-8(33(26,27)28)2-3-11(12)15/h2-4,19H,5-6H2,1H3,(H2,20,21,22)(H2,23,24,25)(H,26,27,28). The fourth-order valence-corrected chi connectivity index (χ4v) is 3.54. The first-order valence-electron chi connectivity index (χ1n) is 8.28. The van der Waals surface area contributed by atoms with Crippen molar-refractivity contribution in [2.45, 2.75) is 25.0 Å². The van der Waals surface area contributed by atoms with E-state index in [9.17, 15) is 22.7 Å². The number of pyridine rings is 1. The molecule has 1 aromatic carbocycles. The van der Waals surface area contributed by atoms with Crippen LogP contribution in [0.4, 0.5) is 11.5 Å². The van der Waals surface area contributed by atoms with E-state index in [1.165, 1.54) is 6.92 Å². The van der Waals surface area contributed by atoms with Crippen LogP contribution in [0.1, 0.15) is 16.8 Å². The average Bonchev–Trinajstić information content (AvgIpc) is 2.65. The number of phosphoric acid groups is 2. The van der Waals surface area contributed by atoms with Crippen molar-refractivity contribution in [2.24, 2.45) is 10.2 Å². The van der Waals surface area contributed by atoms with Gasteiger partial charge in [-0.05, 0) is 25.1 Å². The van der Waals surface area contributed by atoms with Gasteiger partial charge in [-0.25, -0.2) is 14.1 Å². The van der Waals surface area contributed by atoms with Crippen LogP contribution in [0.5, 0.6) is 5.75 Å². The molecule has 33 heavy (non-hydrogen) atoms. The van der Waals surface area contributed by atoms with Gasteiger partial charge in [-0.3, -0.25) is 13.6 Å². The van der Waals surface area contributed by atoms with Crippen LogP contribution in [0.3, 0.4) is 0 Å². The third kappa shape index (κ3) is 8.17. The SMILES string of the molecule is Cc1nc(N=Nc2cc(S(=O)(=O)O)ccc2Cl)c(COP(=O)(O)O)c(COP(=O)(O)O)c1O. The molecule has 0 atom stereocenters. The van der Waals surface area contributed by atoms with Crippen LogP contribution in [0, 0.1) is 6.92 Å². The van der Waals surface area contributed by atoms with E-state index < -0.39 is 55.4 Å². The topological polar surface area (TPSA) is 246 Å². The van der Waals surface area contributed by atoms with Crippen molar-refractivity contribution in [1.29, 1.82) is 0 Å². The second-order valence-corrected chi connectivity index (χ2v) is 10.5. The minimum Gasteiger partial charge on any atom is -0.506 e. The van der Waals surface area contributed by atoms with Gasteiger partial charge in [0.1, 0.15) is 11.4 Å². The largest absolute Gasteiger partial charge is 0.506 e. The summed E-state index contributed by atoms with van der Waals surface area (Å²) in [5.74, 6) is -1.06. The maximum atomic E-state index is 11.3. The quantitative estimate of drug-likeness (QED) is 0.150. The molecule has 0 amide bonds. The number of nitrogens with zero attached hydrogens (tertiary/aromatic N) is 3. The monoisotopic (exact) mass is 547 g/mol. The van der Waals surface area contributed by atoms with E-state index in [1.54, 1.807) is 0 Å². The van der Waals surface area contributed by atoms with Crippen molar-refractivity contribution in [3.05, 3.63) is 40.0 Å². The molecule has 0 radical (unpaired) electrons. The van der Waals surface area contributed by atoms with Crippen molar-refractivity contribution >= 4 is 48.9 Å². The minimum atomic E-state index is -5.05. The molecule has 0 fully saturated rings. The first-order chi connectivity index (χ1) is 15.0. The minimum absolute atomic E-state index is 0.0975. The number of aryl methyl sites for hydroxylation is 1. The smallest absolute Gasteiger partial charge is 0.469 e. The lowest BCUT2D eigenvalue weighted by molar-refractivity contribution is 0.176. The highest BCUT2D eigenvalue weighted by atomic mass is 35.5. The van der Waals surface area contributed by atoms with Crippen molar-refractivity contribution in [2.75, 3.05) is 0 Å². The highest BCUT2D eigenvalue weighted by molar-refractivity contribution is 7.85. The maximum absolute atomic E-state index is 11.3. The summed E-state index contributed by atoms with van der Waals surface area (Å²) >= 11 is 5.94. The molecule has 1 heterocycles. The Bertz CT molecular complexity index is 1290. The molecule has 0 aliphatic heterocycles. The van der Waals surface area contributed by atoms with Crippen LogP contribution in [0.2, 0.25) is 5.02 Å². The molecule has 0 saturated heterocycles. The van der Waals surface area contributed by atoms with Gasteiger partial charge in [0.05, 0.1) is 28.8 Å². The number of aromatic hydroxyl groups is 1. The molecular formula is C14H16ClN3O12P2S. The van der Waals surface area contributed by atoms with Crippen LogP contribution < -0.4 is 0 Å². The third-order valence-electron chi connectivity index (χ3n) is 3.76. The van der Waals surface area contributed by atoms with Gasteiger partial charge in [-0.2, -0.15) is 8.42 Å². The summed E-state index contributed by atoms with van der Waals surface area (Å²) in [6, 6.07) is 2.97. The fraction of sp³-hybridized carbons (Fsp3) is 0.214. The Morgan fingerprint density at radius 2 is 1.58 bits per heavy atom. The highest BCUT2D eigenvalue weighted by Crippen LogP contribution is 2.43. The van der Waals surface area contributed by atoms with Crippen LogP contribution in [0.25, 0.3) is 0 Å². The number of hydrogen-bond donors (Lipinski definition) is 6. The number of hydrogen-bond acceptors (Lipinski definition) is 10. The van der Waals surface area contributed by atoms with Crippen molar-refractivity contribution in [3.63, 3.8) is 0 Å². The zero-order valence-electron chi connectivity index (χ0n) is 16.3. The first kappa shape index (κ1) is 27.4. The zero-order valence-corrected chi connectivity index (χ0v) is 19.7. The predicted molar refractivity (Wildman–Crippen MR) is 110 cm³/mol. The van der Waals surface area contributed by atoms with Gasteiger partial charge in [0, 0.05) is 11.1 Å². The van der Waals surface area contributed by atoms with E-state index in [2.05, 4.69) is 24.3 Å². The molecule has 1 aromatic heterocycles. The van der Waals surface area contributed by atoms with Gasteiger partial charge in [-0.15, -0.1) is 10.2 Å². The molecule has 19 heteroatoms. The van der Waals surface area contributed by atoms with Gasteiger partial charge in [0.15, 0.2) is 5.82 Å². The lowest BCUT2D eigenvalue weighted by Gasteiger charge is -2.16. The van der Waals surface area contributed by atoms with E-state index in [-0.39, 0.29) is 27.5 Å². The summed E-state index contributed by atoms with van der Waals surface area (Å²) in [5, 5.41) is 17.6. The van der Waals surface area contributed by atoms with Gasteiger partial charge < -0.3 is 24.7 Å². The van der Waals surface area contributed by atoms with Crippen molar-refractivity contribution in [3.8, 4) is 5.75 Å². The van der Waals surface area contributed by atoms with Gasteiger partial charge in [0.25, 0.3) is 10.1 Å².